The van der Waals surface area contributed by atoms with E-state index >= 15 is 0 Å². The van der Waals surface area contributed by atoms with Crippen molar-refractivity contribution in [3.63, 3.8) is 0 Å². The average Bonchev–Trinajstić information content (AvgIpc) is 2.73. The highest BCUT2D eigenvalue weighted by Gasteiger charge is 2.11. The molecule has 16 heavy (non-hydrogen) atoms. The second-order valence-corrected chi connectivity index (χ2v) is 3.02. The molecule has 4 heteroatoms. The second-order valence-electron chi connectivity index (χ2n) is 3.02. The van der Waals surface area contributed by atoms with Crippen LogP contribution < -0.4 is 5.32 Å². The van der Waals surface area contributed by atoms with Crippen LogP contribution in [-0.4, -0.2) is 19.1 Å². The second kappa shape index (κ2) is 6.70. The van der Waals surface area contributed by atoms with E-state index in [0.717, 1.165) is 0 Å². The van der Waals surface area contributed by atoms with E-state index in [1.54, 1.807) is 26.0 Å². The van der Waals surface area contributed by atoms with Crippen LogP contribution in [0, 0.1) is 11.8 Å². The third kappa shape index (κ3) is 3.79. The number of esters is 1. The lowest BCUT2D eigenvalue weighted by molar-refractivity contribution is 0.0488. The lowest BCUT2D eigenvalue weighted by Crippen LogP contribution is -2.12. The van der Waals surface area contributed by atoms with Gasteiger partial charge in [0.2, 0.25) is 5.76 Å². The fourth-order valence-electron chi connectivity index (χ4n) is 1.12. The monoisotopic (exact) mass is 221 g/mol. The Morgan fingerprint density at radius 1 is 1.56 bits per heavy atom. The van der Waals surface area contributed by atoms with Gasteiger partial charge in [-0.15, -0.1) is 5.92 Å². The van der Waals surface area contributed by atoms with E-state index < -0.39 is 5.97 Å². The van der Waals surface area contributed by atoms with E-state index in [9.17, 15) is 4.79 Å². The molecule has 86 valence electrons. The maximum absolute atomic E-state index is 11.3. The first kappa shape index (κ1) is 12.3. The molecule has 0 radical (unpaired) electrons. The largest absolute Gasteiger partial charge is 0.460 e. The molecular weight excluding hydrogens is 206 g/mol. The summed E-state index contributed by atoms with van der Waals surface area (Å²) in [7, 11) is 0. The predicted octanol–water partition coefficient (Wildman–Crippen LogP) is 1.57. The Labute approximate surface area is 95.0 Å². The maximum Gasteiger partial charge on any atom is 0.374 e. The number of hydrogen-bond acceptors (Lipinski definition) is 4. The maximum atomic E-state index is 11.3. The molecule has 1 N–H and O–H groups in total. The molecule has 0 unspecified atom stereocenters. The molecule has 1 aromatic rings. The SMILES string of the molecule is CC#CCNCc1ccc(C(=O)OCC)o1. The first-order chi connectivity index (χ1) is 7.77. The van der Waals surface area contributed by atoms with Crippen LogP contribution in [0.25, 0.3) is 0 Å². The number of carbonyl (C=O) groups excluding carboxylic acids is 1. The fraction of sp³-hybridized carbons (Fsp3) is 0.417. The Bertz CT molecular complexity index is 398. The summed E-state index contributed by atoms with van der Waals surface area (Å²) < 4.78 is 10.1. The fourth-order valence-corrected chi connectivity index (χ4v) is 1.12. The molecular formula is C12H15NO3. The Morgan fingerprint density at radius 3 is 3.06 bits per heavy atom. The first-order valence-electron chi connectivity index (χ1n) is 5.14. The minimum absolute atomic E-state index is 0.236. The molecule has 0 spiro atoms. The zero-order chi connectivity index (χ0) is 11.8. The topological polar surface area (TPSA) is 51.5 Å². The minimum Gasteiger partial charge on any atom is -0.460 e. The Hall–Kier alpha value is -1.73. The Kier molecular flexibility index (Phi) is 5.17. The summed E-state index contributed by atoms with van der Waals surface area (Å²) in [5.41, 5.74) is 0. The Balaban J connectivity index is 2.44. The first-order valence-corrected chi connectivity index (χ1v) is 5.14. The van der Waals surface area contributed by atoms with Crippen LogP contribution in [0.1, 0.15) is 30.2 Å². The van der Waals surface area contributed by atoms with E-state index in [1.165, 1.54) is 0 Å². The molecule has 1 aromatic heterocycles. The van der Waals surface area contributed by atoms with Crippen molar-refractivity contribution in [2.24, 2.45) is 0 Å². The highest BCUT2D eigenvalue weighted by atomic mass is 16.5. The summed E-state index contributed by atoms with van der Waals surface area (Å²) in [5.74, 6) is 6.15. The molecule has 1 rings (SSSR count). The molecule has 0 aliphatic rings. The minimum atomic E-state index is -0.429. The van der Waals surface area contributed by atoms with Gasteiger partial charge in [0.05, 0.1) is 19.7 Å². The summed E-state index contributed by atoms with van der Waals surface area (Å²) in [4.78, 5) is 11.3. The van der Waals surface area contributed by atoms with Gasteiger partial charge in [-0.3, -0.25) is 5.32 Å². The molecule has 0 fully saturated rings. The van der Waals surface area contributed by atoms with Gasteiger partial charge in [0.25, 0.3) is 0 Å². The molecule has 0 aliphatic carbocycles. The van der Waals surface area contributed by atoms with Crippen LogP contribution in [0.5, 0.6) is 0 Å². The Morgan fingerprint density at radius 2 is 2.38 bits per heavy atom. The van der Waals surface area contributed by atoms with Crippen LogP contribution in [0.3, 0.4) is 0 Å². The smallest absolute Gasteiger partial charge is 0.374 e. The quantitative estimate of drug-likeness (QED) is 0.466. The average molecular weight is 221 g/mol. The van der Waals surface area contributed by atoms with Crippen molar-refractivity contribution in [3.8, 4) is 11.8 Å². The van der Waals surface area contributed by atoms with Crippen molar-refractivity contribution >= 4 is 5.97 Å². The molecule has 4 nitrogen and oxygen atoms in total. The number of ether oxygens (including phenoxy) is 1. The van der Waals surface area contributed by atoms with Gasteiger partial charge in [0, 0.05) is 0 Å². The van der Waals surface area contributed by atoms with E-state index in [-0.39, 0.29) is 5.76 Å². The van der Waals surface area contributed by atoms with Gasteiger partial charge < -0.3 is 9.15 Å². The van der Waals surface area contributed by atoms with Gasteiger partial charge in [-0.25, -0.2) is 4.79 Å². The van der Waals surface area contributed by atoms with Gasteiger partial charge in [-0.2, -0.15) is 0 Å². The van der Waals surface area contributed by atoms with Crippen molar-refractivity contribution in [1.29, 1.82) is 0 Å². The third-order valence-corrected chi connectivity index (χ3v) is 1.83. The normalized spacial score (nSPS) is 9.38. The van der Waals surface area contributed by atoms with Crippen molar-refractivity contribution < 1.29 is 13.9 Å². The van der Waals surface area contributed by atoms with Crippen molar-refractivity contribution in [2.45, 2.75) is 20.4 Å². The number of furan rings is 1. The lowest BCUT2D eigenvalue weighted by atomic mass is 10.4. The van der Waals surface area contributed by atoms with Crippen molar-refractivity contribution in [2.75, 3.05) is 13.2 Å². The molecule has 0 atom stereocenters. The molecule has 0 saturated carbocycles. The molecule has 0 aromatic carbocycles. The third-order valence-electron chi connectivity index (χ3n) is 1.83. The van der Waals surface area contributed by atoms with Crippen LogP contribution in [0.2, 0.25) is 0 Å². The van der Waals surface area contributed by atoms with Gasteiger partial charge >= 0.3 is 5.97 Å². The van der Waals surface area contributed by atoms with Crippen molar-refractivity contribution in [3.05, 3.63) is 23.7 Å². The van der Waals surface area contributed by atoms with Crippen LogP contribution in [-0.2, 0) is 11.3 Å². The highest BCUT2D eigenvalue weighted by molar-refractivity contribution is 5.86. The zero-order valence-corrected chi connectivity index (χ0v) is 9.50. The van der Waals surface area contributed by atoms with Gasteiger partial charge in [0.1, 0.15) is 5.76 Å². The predicted molar refractivity (Wildman–Crippen MR) is 59.8 cm³/mol. The van der Waals surface area contributed by atoms with Crippen LogP contribution in [0.15, 0.2) is 16.5 Å². The van der Waals surface area contributed by atoms with E-state index in [0.29, 0.717) is 25.5 Å². The molecule has 0 aliphatic heterocycles. The van der Waals surface area contributed by atoms with E-state index in [2.05, 4.69) is 17.2 Å². The molecule has 0 bridgehead atoms. The van der Waals surface area contributed by atoms with Gasteiger partial charge in [-0.1, -0.05) is 5.92 Å². The van der Waals surface area contributed by atoms with Crippen LogP contribution >= 0.6 is 0 Å². The summed E-state index contributed by atoms with van der Waals surface area (Å²) in [6.07, 6.45) is 0. The summed E-state index contributed by atoms with van der Waals surface area (Å²) >= 11 is 0. The summed E-state index contributed by atoms with van der Waals surface area (Å²) in [6, 6.07) is 3.36. The number of hydrogen-bond donors (Lipinski definition) is 1. The number of rotatable bonds is 5. The van der Waals surface area contributed by atoms with Crippen molar-refractivity contribution in [1.82, 2.24) is 5.32 Å². The van der Waals surface area contributed by atoms with E-state index in [1.807, 2.05) is 0 Å². The highest BCUT2D eigenvalue weighted by Crippen LogP contribution is 2.08. The van der Waals surface area contributed by atoms with E-state index in [4.69, 9.17) is 9.15 Å². The van der Waals surface area contributed by atoms with Gasteiger partial charge in [-0.05, 0) is 26.0 Å². The summed E-state index contributed by atoms with van der Waals surface area (Å²) in [6.45, 7) is 5.04. The lowest BCUT2D eigenvalue weighted by Gasteiger charge is -1.98. The standard InChI is InChI=1S/C12H15NO3/c1-3-5-8-13-9-10-6-7-11(16-10)12(14)15-4-2/h6-7,13H,4,8-9H2,1-2H3. The molecule has 1 heterocycles. The number of carbonyl (C=O) groups is 1. The zero-order valence-electron chi connectivity index (χ0n) is 9.50. The van der Waals surface area contributed by atoms with Gasteiger partial charge in [0.15, 0.2) is 0 Å². The van der Waals surface area contributed by atoms with Crippen LogP contribution in [0.4, 0.5) is 0 Å². The number of nitrogens with one attached hydrogen (secondary N) is 1. The molecule has 0 amide bonds. The summed E-state index contributed by atoms with van der Waals surface area (Å²) in [5, 5.41) is 3.07. The molecule has 0 saturated heterocycles.